The van der Waals surface area contributed by atoms with Crippen molar-refractivity contribution in [3.05, 3.63) is 28.2 Å². The third-order valence-corrected chi connectivity index (χ3v) is 4.45. The number of hydrogen-bond donors (Lipinski definition) is 2. The number of rotatable bonds is 4. The quantitative estimate of drug-likeness (QED) is 0.883. The van der Waals surface area contributed by atoms with Crippen molar-refractivity contribution in [3.8, 4) is 0 Å². The molecule has 0 radical (unpaired) electrons. The number of nitrogens with zero attached hydrogens (tertiary/aromatic N) is 1. The topological polar surface area (TPSA) is 53.6 Å². The maximum atomic E-state index is 11.9. The summed E-state index contributed by atoms with van der Waals surface area (Å²) < 4.78 is 5.70. The lowest BCUT2D eigenvalue weighted by Crippen LogP contribution is -2.48. The molecular formula is C15H19Cl2N3O2. The molecule has 1 heterocycles. The van der Waals surface area contributed by atoms with E-state index in [1.54, 1.807) is 18.2 Å². The largest absolute Gasteiger partial charge is 0.374 e. The first-order chi connectivity index (χ1) is 10.6. The molecule has 22 heavy (non-hydrogen) atoms. The first kappa shape index (κ1) is 15.9. The number of urea groups is 1. The molecule has 1 aliphatic heterocycles. The van der Waals surface area contributed by atoms with Crippen LogP contribution in [0.15, 0.2) is 18.2 Å². The molecule has 1 saturated carbocycles. The van der Waals surface area contributed by atoms with E-state index in [4.69, 9.17) is 27.9 Å². The molecule has 2 fully saturated rings. The van der Waals surface area contributed by atoms with Crippen molar-refractivity contribution >= 4 is 34.9 Å². The number of hydrogen-bond acceptors (Lipinski definition) is 3. The zero-order chi connectivity index (χ0) is 15.5. The van der Waals surface area contributed by atoms with Crippen molar-refractivity contribution in [2.75, 3.05) is 31.6 Å². The Hall–Kier alpha value is -1.01. The summed E-state index contributed by atoms with van der Waals surface area (Å²) in [7, 11) is 0. The molecule has 0 spiro atoms. The molecule has 0 aromatic heterocycles. The number of ether oxygens (including phenoxy) is 1. The minimum Gasteiger partial charge on any atom is -0.374 e. The summed E-state index contributed by atoms with van der Waals surface area (Å²) in [6.07, 6.45) is 2.62. The summed E-state index contributed by atoms with van der Waals surface area (Å²) in [5.74, 6) is 0. The van der Waals surface area contributed by atoms with E-state index in [1.165, 1.54) is 12.8 Å². The maximum absolute atomic E-state index is 11.9. The Morgan fingerprint density at radius 2 is 2.18 bits per heavy atom. The van der Waals surface area contributed by atoms with Crippen LogP contribution in [0, 0.1) is 0 Å². The second kappa shape index (κ2) is 7.04. The number of amides is 2. The smallest absolute Gasteiger partial charge is 0.319 e. The van der Waals surface area contributed by atoms with Gasteiger partial charge in [0, 0.05) is 30.7 Å². The molecular weight excluding hydrogens is 325 g/mol. The van der Waals surface area contributed by atoms with Gasteiger partial charge in [0.05, 0.1) is 23.4 Å². The Bertz CT molecular complexity index is 552. The van der Waals surface area contributed by atoms with E-state index < -0.39 is 0 Å². The number of carbonyl (C=O) groups excluding carboxylic acids is 1. The monoisotopic (exact) mass is 343 g/mol. The van der Waals surface area contributed by atoms with Gasteiger partial charge in [-0.2, -0.15) is 0 Å². The number of morpholine rings is 1. The average molecular weight is 344 g/mol. The van der Waals surface area contributed by atoms with Crippen LogP contribution in [-0.4, -0.2) is 49.3 Å². The minimum atomic E-state index is -0.295. The van der Waals surface area contributed by atoms with Crippen molar-refractivity contribution < 1.29 is 9.53 Å². The van der Waals surface area contributed by atoms with Crippen molar-refractivity contribution in [1.82, 2.24) is 10.2 Å². The summed E-state index contributed by atoms with van der Waals surface area (Å²) in [5, 5.41) is 6.49. The van der Waals surface area contributed by atoms with Crippen LogP contribution >= 0.6 is 23.2 Å². The van der Waals surface area contributed by atoms with Gasteiger partial charge in [0.15, 0.2) is 0 Å². The predicted octanol–water partition coefficient (Wildman–Crippen LogP) is 2.98. The minimum absolute atomic E-state index is 0.0424. The fourth-order valence-electron chi connectivity index (χ4n) is 2.60. The third kappa shape index (κ3) is 4.26. The molecule has 3 rings (SSSR count). The third-order valence-electron chi connectivity index (χ3n) is 3.90. The zero-order valence-electron chi connectivity index (χ0n) is 12.1. The van der Waals surface area contributed by atoms with E-state index in [1.807, 2.05) is 0 Å². The average Bonchev–Trinajstić information content (AvgIpc) is 3.33. The zero-order valence-corrected chi connectivity index (χ0v) is 13.7. The van der Waals surface area contributed by atoms with Gasteiger partial charge >= 0.3 is 6.03 Å². The lowest BCUT2D eigenvalue weighted by atomic mass is 10.2. The van der Waals surface area contributed by atoms with Crippen LogP contribution in [0.25, 0.3) is 0 Å². The molecule has 2 aliphatic rings. The van der Waals surface area contributed by atoms with Crippen LogP contribution in [0.3, 0.4) is 0 Å². The predicted molar refractivity (Wildman–Crippen MR) is 87.8 cm³/mol. The van der Waals surface area contributed by atoms with Crippen LogP contribution in [0.4, 0.5) is 10.5 Å². The van der Waals surface area contributed by atoms with E-state index in [-0.39, 0.29) is 12.1 Å². The SMILES string of the molecule is O=C(NC[C@H]1CN(C2CC2)CCO1)Nc1ccc(Cl)cc1Cl. The highest BCUT2D eigenvalue weighted by Gasteiger charge is 2.32. The van der Waals surface area contributed by atoms with Gasteiger partial charge in [-0.05, 0) is 31.0 Å². The molecule has 0 unspecified atom stereocenters. The molecule has 0 bridgehead atoms. The first-order valence-corrected chi connectivity index (χ1v) is 8.23. The van der Waals surface area contributed by atoms with Gasteiger partial charge in [-0.1, -0.05) is 23.2 Å². The second-order valence-corrected chi connectivity index (χ2v) is 6.52. The number of benzene rings is 1. The van der Waals surface area contributed by atoms with Gasteiger partial charge in [-0.15, -0.1) is 0 Å². The summed E-state index contributed by atoms with van der Waals surface area (Å²) in [5.41, 5.74) is 0.535. The van der Waals surface area contributed by atoms with Crippen LogP contribution in [0.2, 0.25) is 10.0 Å². The summed E-state index contributed by atoms with van der Waals surface area (Å²) in [6.45, 7) is 3.09. The number of anilines is 1. The fourth-order valence-corrected chi connectivity index (χ4v) is 3.06. The number of halogens is 2. The molecule has 1 aromatic carbocycles. The Morgan fingerprint density at radius 1 is 1.36 bits per heavy atom. The van der Waals surface area contributed by atoms with Crippen molar-refractivity contribution in [2.24, 2.45) is 0 Å². The highest BCUT2D eigenvalue weighted by atomic mass is 35.5. The summed E-state index contributed by atoms with van der Waals surface area (Å²) in [4.78, 5) is 14.4. The van der Waals surface area contributed by atoms with E-state index in [0.29, 0.717) is 22.3 Å². The molecule has 1 atom stereocenters. The van der Waals surface area contributed by atoms with Gasteiger partial charge in [0.1, 0.15) is 0 Å². The first-order valence-electron chi connectivity index (χ1n) is 7.47. The lowest BCUT2D eigenvalue weighted by Gasteiger charge is -2.33. The summed E-state index contributed by atoms with van der Waals surface area (Å²) >= 11 is 11.9. The summed E-state index contributed by atoms with van der Waals surface area (Å²) in [6, 6.07) is 5.39. The van der Waals surface area contributed by atoms with Crippen LogP contribution < -0.4 is 10.6 Å². The van der Waals surface area contributed by atoms with Gasteiger partial charge in [0.2, 0.25) is 0 Å². The molecule has 1 saturated heterocycles. The molecule has 7 heteroatoms. The van der Waals surface area contributed by atoms with Crippen molar-refractivity contribution in [3.63, 3.8) is 0 Å². The molecule has 1 aromatic rings. The number of carbonyl (C=O) groups is 1. The molecule has 1 aliphatic carbocycles. The van der Waals surface area contributed by atoms with Crippen LogP contribution in [-0.2, 0) is 4.74 Å². The molecule has 2 amide bonds. The maximum Gasteiger partial charge on any atom is 0.319 e. The van der Waals surface area contributed by atoms with Crippen molar-refractivity contribution in [2.45, 2.75) is 25.0 Å². The standard InChI is InChI=1S/C15H19Cl2N3O2/c16-10-1-4-14(13(17)7-10)19-15(21)18-8-12-9-20(5-6-22-12)11-2-3-11/h1,4,7,11-12H,2-3,5-6,8-9H2,(H2,18,19,21)/t12-/m0/s1. The van der Waals surface area contributed by atoms with Crippen LogP contribution in [0.5, 0.6) is 0 Å². The van der Waals surface area contributed by atoms with Crippen molar-refractivity contribution in [1.29, 1.82) is 0 Å². The molecule has 5 nitrogen and oxygen atoms in total. The highest BCUT2D eigenvalue weighted by molar-refractivity contribution is 6.36. The normalized spacial score (nSPS) is 22.4. The van der Waals surface area contributed by atoms with E-state index >= 15 is 0 Å². The Balaban J connectivity index is 1.45. The Labute approximate surface area is 139 Å². The van der Waals surface area contributed by atoms with Gasteiger partial charge in [0.25, 0.3) is 0 Å². The van der Waals surface area contributed by atoms with Gasteiger partial charge < -0.3 is 15.4 Å². The van der Waals surface area contributed by atoms with Gasteiger partial charge in [-0.25, -0.2) is 4.79 Å². The number of nitrogens with one attached hydrogen (secondary N) is 2. The lowest BCUT2D eigenvalue weighted by molar-refractivity contribution is -0.0286. The fraction of sp³-hybridized carbons (Fsp3) is 0.533. The van der Waals surface area contributed by atoms with E-state index in [2.05, 4.69) is 15.5 Å². The van der Waals surface area contributed by atoms with E-state index in [0.717, 1.165) is 25.7 Å². The molecule has 2 N–H and O–H groups in total. The van der Waals surface area contributed by atoms with Gasteiger partial charge in [-0.3, -0.25) is 4.90 Å². The molecule has 120 valence electrons. The van der Waals surface area contributed by atoms with E-state index in [9.17, 15) is 4.79 Å². The second-order valence-electron chi connectivity index (χ2n) is 5.68. The van der Waals surface area contributed by atoms with Crippen LogP contribution in [0.1, 0.15) is 12.8 Å². The highest BCUT2D eigenvalue weighted by Crippen LogP contribution is 2.28. The Kier molecular flexibility index (Phi) is 5.08. The Morgan fingerprint density at radius 3 is 2.91 bits per heavy atom.